The van der Waals surface area contributed by atoms with Gasteiger partial charge in [-0.1, -0.05) is 68.3 Å². The fourth-order valence-corrected chi connectivity index (χ4v) is 8.79. The van der Waals surface area contributed by atoms with Crippen molar-refractivity contribution in [3.8, 4) is 0 Å². The van der Waals surface area contributed by atoms with Crippen LogP contribution in [0.1, 0.15) is 95.6 Å². The van der Waals surface area contributed by atoms with Crippen LogP contribution < -0.4 is 54.4 Å². The molecule has 22 nitrogen and oxygen atoms in total. The molecule has 0 aliphatic carbocycles. The lowest BCUT2D eigenvalue weighted by atomic mass is 10.0. The average molecular weight is 984 g/mol. The van der Waals surface area contributed by atoms with Gasteiger partial charge in [-0.25, -0.2) is 0 Å². The Kier molecular flexibility index (Phi) is 20.7. The van der Waals surface area contributed by atoms with Gasteiger partial charge in [-0.3, -0.25) is 48.1 Å². The van der Waals surface area contributed by atoms with Crippen LogP contribution in [0.2, 0.25) is 0 Å². The molecule has 0 unspecified atom stereocenters. The summed E-state index contributed by atoms with van der Waals surface area (Å²) in [7, 11) is 0. The average Bonchev–Trinajstić information content (AvgIpc) is 4.00. The third kappa shape index (κ3) is 16.6. The molecule has 3 aromatic rings. The molecule has 14 N–H and O–H groups in total. The molecule has 3 heterocycles. The van der Waals surface area contributed by atoms with Gasteiger partial charge in [-0.15, -0.1) is 0 Å². The van der Waals surface area contributed by atoms with Gasteiger partial charge in [0.2, 0.25) is 53.2 Å². The first kappa shape index (κ1) is 54.4. The van der Waals surface area contributed by atoms with Gasteiger partial charge in [0.25, 0.3) is 0 Å². The lowest BCUT2D eigenvalue weighted by molar-refractivity contribution is -0.143. The Labute approximate surface area is 412 Å². The van der Waals surface area contributed by atoms with Gasteiger partial charge in [-0.05, 0) is 68.6 Å². The van der Waals surface area contributed by atoms with Crippen molar-refractivity contribution in [1.82, 2.24) is 47.1 Å². The molecule has 5 rings (SSSR count). The topological polar surface area (TPSA) is 347 Å². The first-order chi connectivity index (χ1) is 34.0. The Balaban J connectivity index is 1.52. The monoisotopic (exact) mass is 984 g/mol. The Bertz CT molecular complexity index is 2390. The lowest BCUT2D eigenvalue weighted by Crippen LogP contribution is -2.60. The molecule has 0 spiro atoms. The molecule has 71 heavy (non-hydrogen) atoms. The van der Waals surface area contributed by atoms with Gasteiger partial charge >= 0.3 is 0 Å². The fourth-order valence-electron chi connectivity index (χ4n) is 8.79. The SMILES string of the molecule is CCCC[C@H](NC(C)=O)C(=O)N[C@H]1CC(=O)NCCCC[C@@H](C(N)=O)NC(=O)[C@H](Cc2c[nH]c3ccccc23)NC(=O)[C@H](CCCN=C(N)N)NC(=O)[C@@H](Cc2ccccc2)NC(=O)[C@@H]2CCCN2C1=O. The van der Waals surface area contributed by atoms with E-state index in [0.717, 1.165) is 10.9 Å². The van der Waals surface area contributed by atoms with E-state index in [0.29, 0.717) is 43.2 Å². The van der Waals surface area contributed by atoms with E-state index < -0.39 is 102 Å². The number of carbonyl (C=O) groups is 9. The Hall–Kier alpha value is -7.52. The standard InChI is InChI=1S/C49H69N13O9/c1-3-4-17-35(56-29(2)63)43(66)61-39-27-41(64)53-22-11-10-19-34(42(50)65)57-46(69)38(26-31-28-55-33-18-9-8-16-32(31)33)59-44(67)36(20-12-23-54-49(51)52)58-45(68)37(25-30-14-6-5-7-15-30)60-47(70)40-21-13-24-62(40)48(39)71/h5-9,14-16,18,28,34-40,55H,3-4,10-13,17,19-27H2,1-2H3,(H2,50,65)(H,53,64)(H,56,63)(H,57,69)(H,58,68)(H,59,67)(H,60,70)(H,61,66)(H4,51,52,54)/t34-,35-,36-,37+,38-,39-,40-/m0/s1. The van der Waals surface area contributed by atoms with E-state index in [4.69, 9.17) is 17.2 Å². The number of H-pyrrole nitrogens is 1. The van der Waals surface area contributed by atoms with Crippen molar-refractivity contribution in [2.24, 2.45) is 22.2 Å². The molecule has 1 aromatic heterocycles. The van der Waals surface area contributed by atoms with Crippen molar-refractivity contribution < 1.29 is 43.2 Å². The van der Waals surface area contributed by atoms with Gasteiger partial charge in [0.05, 0.1) is 6.42 Å². The minimum atomic E-state index is -1.45. The van der Waals surface area contributed by atoms with Gasteiger partial charge in [0.1, 0.15) is 42.3 Å². The molecule has 384 valence electrons. The molecule has 2 aromatic carbocycles. The number of fused-ring (bicyclic) bond motifs is 2. The highest BCUT2D eigenvalue weighted by Crippen LogP contribution is 2.22. The van der Waals surface area contributed by atoms with Crippen LogP contribution in [-0.4, -0.2) is 131 Å². The van der Waals surface area contributed by atoms with Crippen molar-refractivity contribution >= 4 is 70.0 Å². The number of amides is 9. The number of guanidine groups is 1. The maximum atomic E-state index is 14.6. The zero-order chi connectivity index (χ0) is 51.5. The van der Waals surface area contributed by atoms with Crippen LogP contribution in [0.4, 0.5) is 0 Å². The van der Waals surface area contributed by atoms with Crippen LogP contribution >= 0.6 is 0 Å². The summed E-state index contributed by atoms with van der Waals surface area (Å²) in [5.74, 6) is -6.42. The molecule has 0 radical (unpaired) electrons. The zero-order valence-corrected chi connectivity index (χ0v) is 40.4. The van der Waals surface area contributed by atoms with Crippen molar-refractivity contribution in [2.45, 2.75) is 140 Å². The Morgan fingerprint density at radius 3 is 2.18 bits per heavy atom. The highest BCUT2D eigenvalue weighted by atomic mass is 16.2. The number of aliphatic imine (C=N–C) groups is 1. The number of hydrogen-bond donors (Lipinski definition) is 11. The van der Waals surface area contributed by atoms with Gasteiger partial charge in [-0.2, -0.15) is 0 Å². The number of nitrogens with zero attached hydrogens (tertiary/aromatic N) is 2. The summed E-state index contributed by atoms with van der Waals surface area (Å²) in [5, 5.41) is 19.9. The van der Waals surface area contributed by atoms with E-state index in [-0.39, 0.29) is 70.5 Å². The molecule has 2 aliphatic rings. The number of unbranched alkanes of at least 4 members (excludes halogenated alkanes) is 1. The number of aromatic amines is 1. The highest BCUT2D eigenvalue weighted by Gasteiger charge is 2.41. The number of primary amides is 1. The smallest absolute Gasteiger partial charge is 0.246 e. The summed E-state index contributed by atoms with van der Waals surface area (Å²) in [6, 6.07) is 7.53. The molecular weight excluding hydrogens is 915 g/mol. The summed E-state index contributed by atoms with van der Waals surface area (Å²) in [5.41, 5.74) is 19.1. The van der Waals surface area contributed by atoms with Crippen molar-refractivity contribution in [2.75, 3.05) is 19.6 Å². The number of aromatic nitrogens is 1. The van der Waals surface area contributed by atoms with Crippen molar-refractivity contribution in [1.29, 1.82) is 0 Å². The van der Waals surface area contributed by atoms with Crippen LogP contribution in [0.3, 0.4) is 0 Å². The minimum absolute atomic E-state index is 0.0162. The highest BCUT2D eigenvalue weighted by molar-refractivity contribution is 5.99. The largest absolute Gasteiger partial charge is 0.370 e. The third-order valence-electron chi connectivity index (χ3n) is 12.5. The molecule has 2 aliphatic heterocycles. The number of nitrogens with one attached hydrogen (secondary N) is 8. The number of para-hydroxylation sites is 1. The van der Waals surface area contributed by atoms with Crippen molar-refractivity contribution in [3.05, 3.63) is 71.9 Å². The molecule has 2 saturated heterocycles. The molecule has 7 atom stereocenters. The van der Waals surface area contributed by atoms with E-state index in [1.807, 2.05) is 31.2 Å². The number of nitrogens with two attached hydrogens (primary N) is 3. The quantitative estimate of drug-likeness (QED) is 0.0514. The first-order valence-corrected chi connectivity index (χ1v) is 24.3. The van der Waals surface area contributed by atoms with Gasteiger partial charge < -0.3 is 64.3 Å². The summed E-state index contributed by atoms with van der Waals surface area (Å²) in [6.07, 6.45) is 4.12. The van der Waals surface area contributed by atoms with E-state index in [1.54, 1.807) is 36.5 Å². The first-order valence-electron chi connectivity index (χ1n) is 24.3. The second kappa shape index (κ2) is 27.0. The normalized spacial score (nSPS) is 22.6. The second-order valence-electron chi connectivity index (χ2n) is 18.0. The summed E-state index contributed by atoms with van der Waals surface area (Å²) >= 11 is 0. The molecule has 9 amide bonds. The summed E-state index contributed by atoms with van der Waals surface area (Å²) in [6.45, 7) is 3.45. The fraction of sp³-hybridized carbons (Fsp3) is 0.510. The van der Waals surface area contributed by atoms with Crippen LogP contribution in [0, 0.1) is 0 Å². The van der Waals surface area contributed by atoms with Crippen LogP contribution in [-0.2, 0) is 56.0 Å². The Morgan fingerprint density at radius 2 is 1.46 bits per heavy atom. The Morgan fingerprint density at radius 1 is 0.789 bits per heavy atom. The van der Waals surface area contributed by atoms with E-state index in [2.05, 4.69) is 47.2 Å². The minimum Gasteiger partial charge on any atom is -0.370 e. The number of rotatable bonds is 15. The maximum Gasteiger partial charge on any atom is 0.246 e. The van der Waals surface area contributed by atoms with E-state index >= 15 is 0 Å². The number of carbonyl (C=O) groups excluding carboxylic acids is 9. The van der Waals surface area contributed by atoms with E-state index in [9.17, 15) is 43.2 Å². The molecule has 0 bridgehead atoms. The van der Waals surface area contributed by atoms with Gasteiger partial charge in [0, 0.05) is 56.5 Å². The van der Waals surface area contributed by atoms with Gasteiger partial charge in [0.15, 0.2) is 5.96 Å². The predicted octanol–water partition coefficient (Wildman–Crippen LogP) is -0.708. The molecule has 22 heteroatoms. The third-order valence-corrected chi connectivity index (χ3v) is 12.5. The molecule has 2 fully saturated rings. The lowest BCUT2D eigenvalue weighted by Gasteiger charge is -2.31. The predicted molar refractivity (Wildman–Crippen MR) is 264 cm³/mol. The van der Waals surface area contributed by atoms with E-state index in [1.165, 1.54) is 11.8 Å². The summed E-state index contributed by atoms with van der Waals surface area (Å²) in [4.78, 5) is 133. The molecule has 0 saturated carbocycles. The number of benzene rings is 2. The van der Waals surface area contributed by atoms with Crippen LogP contribution in [0.5, 0.6) is 0 Å². The van der Waals surface area contributed by atoms with Crippen LogP contribution in [0.15, 0.2) is 65.8 Å². The van der Waals surface area contributed by atoms with Crippen LogP contribution in [0.25, 0.3) is 10.9 Å². The zero-order valence-electron chi connectivity index (χ0n) is 40.4. The maximum absolute atomic E-state index is 14.6. The van der Waals surface area contributed by atoms with Crippen molar-refractivity contribution in [3.63, 3.8) is 0 Å². The second-order valence-corrected chi connectivity index (χ2v) is 18.0. The molecular formula is C49H69N13O9. The summed E-state index contributed by atoms with van der Waals surface area (Å²) < 4.78 is 0. The number of hydrogen-bond acceptors (Lipinski definition) is 10.